The summed E-state index contributed by atoms with van der Waals surface area (Å²) in [6, 6.07) is 20.9. The summed E-state index contributed by atoms with van der Waals surface area (Å²) in [4.78, 5) is 26.2. The number of carbonyl (C=O) groups excluding carboxylic acids is 2. The van der Waals surface area contributed by atoms with Crippen LogP contribution in [0.4, 0.5) is 5.69 Å². The molecule has 2 amide bonds. The quantitative estimate of drug-likeness (QED) is 0.217. The van der Waals surface area contributed by atoms with Crippen molar-refractivity contribution in [1.29, 1.82) is 0 Å². The van der Waals surface area contributed by atoms with Crippen LogP contribution in [0, 0.1) is 0 Å². The molecule has 214 valence electrons. The molecule has 0 bridgehead atoms. The van der Waals surface area contributed by atoms with Crippen molar-refractivity contribution in [3.05, 3.63) is 89.0 Å². The fraction of sp³-hybridized carbons (Fsp3) is 0.412. The van der Waals surface area contributed by atoms with Gasteiger partial charge in [0.05, 0.1) is 14.2 Å². The number of ether oxygens (including phenoxy) is 2. The Labute approximate surface area is 239 Å². The van der Waals surface area contributed by atoms with Gasteiger partial charge in [0.2, 0.25) is 5.91 Å². The molecule has 3 aromatic carbocycles. The summed E-state index contributed by atoms with van der Waals surface area (Å²) in [7, 11) is 3.30. The Morgan fingerprint density at radius 3 is 2.15 bits per heavy atom. The zero-order chi connectivity index (χ0) is 29.1. The van der Waals surface area contributed by atoms with Crippen molar-refractivity contribution >= 4 is 17.5 Å². The summed E-state index contributed by atoms with van der Waals surface area (Å²) < 4.78 is 11.4. The lowest BCUT2D eigenvalue weighted by Gasteiger charge is -2.25. The van der Waals surface area contributed by atoms with Gasteiger partial charge in [-0.05, 0) is 59.2 Å². The topological polar surface area (TPSA) is 76.7 Å². The highest BCUT2D eigenvalue weighted by Gasteiger charge is 2.25. The van der Waals surface area contributed by atoms with Crippen LogP contribution in [0.25, 0.3) is 0 Å². The van der Waals surface area contributed by atoms with Crippen molar-refractivity contribution in [3.8, 4) is 11.5 Å². The molecule has 3 rings (SSSR count). The second-order valence-electron chi connectivity index (χ2n) is 11.2. The largest absolute Gasteiger partial charge is 0.496 e. The third-order valence-electron chi connectivity index (χ3n) is 7.12. The van der Waals surface area contributed by atoms with E-state index in [2.05, 4.69) is 38.3 Å². The maximum Gasteiger partial charge on any atom is 0.251 e. The van der Waals surface area contributed by atoms with Gasteiger partial charge in [-0.15, -0.1) is 0 Å². The third kappa shape index (κ3) is 8.35. The molecular weight excluding hydrogens is 500 g/mol. The van der Waals surface area contributed by atoms with E-state index in [4.69, 9.17) is 9.47 Å². The van der Waals surface area contributed by atoms with Crippen LogP contribution in [0.15, 0.2) is 66.7 Å². The summed E-state index contributed by atoms with van der Waals surface area (Å²) in [6.07, 6.45) is 4.37. The van der Waals surface area contributed by atoms with E-state index in [1.165, 1.54) is 0 Å². The Balaban J connectivity index is 1.84. The first-order valence-corrected chi connectivity index (χ1v) is 14.1. The van der Waals surface area contributed by atoms with Gasteiger partial charge in [0.25, 0.3) is 5.91 Å². The Morgan fingerprint density at radius 1 is 0.875 bits per heavy atom. The minimum atomic E-state index is -0.180. The Morgan fingerprint density at radius 2 is 1.55 bits per heavy atom. The van der Waals surface area contributed by atoms with Crippen LogP contribution in [-0.4, -0.2) is 26.0 Å². The monoisotopic (exact) mass is 544 g/mol. The van der Waals surface area contributed by atoms with Crippen LogP contribution in [0.5, 0.6) is 11.5 Å². The van der Waals surface area contributed by atoms with E-state index in [-0.39, 0.29) is 23.1 Å². The Bertz CT molecular complexity index is 1240. The van der Waals surface area contributed by atoms with Gasteiger partial charge in [-0.25, -0.2) is 0 Å². The van der Waals surface area contributed by atoms with Gasteiger partial charge in [-0.1, -0.05) is 83.4 Å². The lowest BCUT2D eigenvalue weighted by atomic mass is 9.84. The first kappa shape index (κ1) is 30.7. The first-order chi connectivity index (χ1) is 19.2. The standard InChI is InChI=1S/C34H44N2O4/c1-7-8-10-16-26(32-29(39-5)17-13-18-30(32)40-6)22-31(37)36-28-21-24(19-20-27(28)34(2,3)4)23-35-33(38)25-14-11-9-12-15-25/h9,11-15,17-21,26H,7-8,10,16,22-23H2,1-6H3,(H,35,38)(H,36,37). The van der Waals surface area contributed by atoms with Crippen molar-refractivity contribution in [2.24, 2.45) is 0 Å². The summed E-state index contributed by atoms with van der Waals surface area (Å²) in [5, 5.41) is 6.19. The minimum Gasteiger partial charge on any atom is -0.496 e. The van der Waals surface area contributed by atoms with E-state index in [1.54, 1.807) is 26.4 Å². The molecule has 0 aliphatic carbocycles. The average molecular weight is 545 g/mol. The fourth-order valence-electron chi connectivity index (χ4n) is 5.03. The van der Waals surface area contributed by atoms with Crippen molar-refractivity contribution in [3.63, 3.8) is 0 Å². The van der Waals surface area contributed by atoms with Gasteiger partial charge >= 0.3 is 0 Å². The smallest absolute Gasteiger partial charge is 0.251 e. The molecule has 0 fully saturated rings. The summed E-state index contributed by atoms with van der Waals surface area (Å²) in [5.41, 5.74) is 4.09. The lowest BCUT2D eigenvalue weighted by molar-refractivity contribution is -0.116. The molecule has 0 spiro atoms. The Hall–Kier alpha value is -3.80. The third-order valence-corrected chi connectivity index (χ3v) is 7.12. The van der Waals surface area contributed by atoms with E-state index in [0.29, 0.717) is 18.5 Å². The summed E-state index contributed by atoms with van der Waals surface area (Å²) in [6.45, 7) is 8.92. The van der Waals surface area contributed by atoms with Gasteiger partial charge in [0.1, 0.15) is 11.5 Å². The van der Waals surface area contributed by atoms with Crippen LogP contribution < -0.4 is 20.1 Å². The number of carbonyl (C=O) groups is 2. The first-order valence-electron chi connectivity index (χ1n) is 14.1. The number of anilines is 1. The van der Waals surface area contributed by atoms with E-state index in [1.807, 2.05) is 54.6 Å². The predicted octanol–water partition coefficient (Wildman–Crippen LogP) is 7.62. The highest BCUT2D eigenvalue weighted by Crippen LogP contribution is 2.40. The number of unbranched alkanes of at least 4 members (excludes halogenated alkanes) is 2. The van der Waals surface area contributed by atoms with Gasteiger partial charge in [-0.2, -0.15) is 0 Å². The molecule has 40 heavy (non-hydrogen) atoms. The molecule has 3 aromatic rings. The molecular formula is C34H44N2O4. The van der Waals surface area contributed by atoms with Crippen LogP contribution in [0.1, 0.15) is 92.8 Å². The maximum atomic E-state index is 13.6. The van der Waals surface area contributed by atoms with Crippen molar-refractivity contribution in [2.75, 3.05) is 19.5 Å². The molecule has 0 saturated carbocycles. The molecule has 0 heterocycles. The van der Waals surface area contributed by atoms with Crippen LogP contribution in [0.2, 0.25) is 0 Å². The van der Waals surface area contributed by atoms with Gasteiger partial charge in [0.15, 0.2) is 0 Å². The SMILES string of the molecule is CCCCCC(CC(=O)Nc1cc(CNC(=O)c2ccccc2)ccc1C(C)(C)C)c1c(OC)cccc1OC. The van der Waals surface area contributed by atoms with Crippen molar-refractivity contribution < 1.29 is 19.1 Å². The molecule has 0 aromatic heterocycles. The van der Waals surface area contributed by atoms with Gasteiger partial charge < -0.3 is 20.1 Å². The second kappa shape index (κ2) is 14.5. The zero-order valence-electron chi connectivity index (χ0n) is 24.8. The highest BCUT2D eigenvalue weighted by atomic mass is 16.5. The number of benzene rings is 3. The van der Waals surface area contributed by atoms with E-state index in [9.17, 15) is 9.59 Å². The molecule has 6 nitrogen and oxygen atoms in total. The van der Waals surface area contributed by atoms with E-state index >= 15 is 0 Å². The zero-order valence-corrected chi connectivity index (χ0v) is 24.8. The highest BCUT2D eigenvalue weighted by molar-refractivity contribution is 5.94. The van der Waals surface area contributed by atoms with Crippen LogP contribution >= 0.6 is 0 Å². The predicted molar refractivity (Wildman–Crippen MR) is 162 cm³/mol. The Kier molecular flexibility index (Phi) is 11.2. The minimum absolute atomic E-state index is 0.0518. The number of hydrogen-bond acceptors (Lipinski definition) is 4. The normalized spacial score (nSPS) is 11.9. The molecule has 0 saturated heterocycles. The van der Waals surface area contributed by atoms with Gasteiger partial charge in [0, 0.05) is 29.8 Å². The molecule has 0 aliphatic heterocycles. The molecule has 1 unspecified atom stereocenters. The maximum absolute atomic E-state index is 13.6. The average Bonchev–Trinajstić information content (AvgIpc) is 2.94. The summed E-state index contributed by atoms with van der Waals surface area (Å²) in [5.74, 6) is 1.22. The molecule has 0 radical (unpaired) electrons. The number of hydrogen-bond donors (Lipinski definition) is 2. The van der Waals surface area contributed by atoms with Crippen molar-refractivity contribution in [2.45, 2.75) is 77.7 Å². The fourth-order valence-corrected chi connectivity index (χ4v) is 5.03. The molecule has 2 N–H and O–H groups in total. The van der Waals surface area contributed by atoms with Gasteiger partial charge in [-0.3, -0.25) is 9.59 Å². The van der Waals surface area contributed by atoms with E-state index in [0.717, 1.165) is 59.6 Å². The van der Waals surface area contributed by atoms with Crippen LogP contribution in [0.3, 0.4) is 0 Å². The number of rotatable bonds is 13. The molecule has 1 atom stereocenters. The van der Waals surface area contributed by atoms with Crippen molar-refractivity contribution in [1.82, 2.24) is 5.32 Å². The van der Waals surface area contributed by atoms with Crippen LogP contribution in [-0.2, 0) is 16.8 Å². The number of nitrogens with one attached hydrogen (secondary N) is 2. The lowest BCUT2D eigenvalue weighted by Crippen LogP contribution is -2.24. The second-order valence-corrected chi connectivity index (χ2v) is 11.2. The molecule has 6 heteroatoms. The molecule has 0 aliphatic rings. The number of methoxy groups -OCH3 is 2. The summed E-state index contributed by atoms with van der Waals surface area (Å²) >= 11 is 0. The van der Waals surface area contributed by atoms with E-state index < -0.39 is 0 Å². The number of amides is 2.